The Kier molecular flexibility index (Phi) is 4.19. The number of rotatable bonds is 2. The second kappa shape index (κ2) is 5.87. The minimum atomic E-state index is -3.82. The SMILES string of the molecule is CC1CCC(S(=O)(=O)c2ccc(Cl)cc2)c2c(F)ccc(F)c21. The van der Waals surface area contributed by atoms with Crippen molar-refractivity contribution in [1.29, 1.82) is 0 Å². The van der Waals surface area contributed by atoms with Gasteiger partial charge in [-0.25, -0.2) is 17.2 Å². The minimum Gasteiger partial charge on any atom is -0.223 e. The van der Waals surface area contributed by atoms with Gasteiger partial charge in [-0.15, -0.1) is 0 Å². The Hall–Kier alpha value is -1.46. The smallest absolute Gasteiger partial charge is 0.185 e. The summed E-state index contributed by atoms with van der Waals surface area (Å²) in [7, 11) is -3.82. The maximum atomic E-state index is 14.3. The fraction of sp³-hybridized carbons (Fsp3) is 0.294. The Morgan fingerprint density at radius 1 is 0.957 bits per heavy atom. The fourth-order valence-electron chi connectivity index (χ4n) is 3.20. The molecule has 2 aromatic rings. The Labute approximate surface area is 139 Å². The Morgan fingerprint density at radius 2 is 1.52 bits per heavy atom. The molecule has 2 aromatic carbocycles. The first-order chi connectivity index (χ1) is 10.8. The van der Waals surface area contributed by atoms with Gasteiger partial charge in [-0.05, 0) is 60.7 Å². The molecule has 1 aliphatic rings. The molecule has 0 radical (unpaired) electrons. The molecule has 0 fully saturated rings. The molecule has 0 N–H and O–H groups in total. The van der Waals surface area contributed by atoms with Crippen LogP contribution in [0.25, 0.3) is 0 Å². The average Bonchev–Trinajstić information content (AvgIpc) is 2.51. The molecule has 0 aromatic heterocycles. The first kappa shape index (κ1) is 16.4. The van der Waals surface area contributed by atoms with Gasteiger partial charge in [-0.3, -0.25) is 0 Å². The summed E-state index contributed by atoms with van der Waals surface area (Å²) in [6, 6.07) is 7.79. The molecule has 0 saturated heterocycles. The lowest BCUT2D eigenvalue weighted by atomic mass is 9.83. The van der Waals surface area contributed by atoms with Gasteiger partial charge < -0.3 is 0 Å². The third kappa shape index (κ3) is 2.76. The zero-order valence-electron chi connectivity index (χ0n) is 12.4. The lowest BCUT2D eigenvalue weighted by Crippen LogP contribution is -2.23. The number of hydrogen-bond acceptors (Lipinski definition) is 2. The van der Waals surface area contributed by atoms with Crippen LogP contribution in [0, 0.1) is 11.6 Å². The molecule has 0 saturated carbocycles. The van der Waals surface area contributed by atoms with Gasteiger partial charge in [-0.1, -0.05) is 18.5 Å². The number of benzene rings is 2. The second-order valence-corrected chi connectivity index (χ2v) is 8.39. The zero-order valence-corrected chi connectivity index (χ0v) is 14.0. The van der Waals surface area contributed by atoms with E-state index in [0.29, 0.717) is 11.4 Å². The average molecular weight is 357 g/mol. The van der Waals surface area contributed by atoms with Crippen LogP contribution in [0.5, 0.6) is 0 Å². The second-order valence-electron chi connectivity index (χ2n) is 5.82. The highest BCUT2D eigenvalue weighted by molar-refractivity contribution is 7.91. The molecule has 0 heterocycles. The van der Waals surface area contributed by atoms with E-state index in [0.717, 1.165) is 12.1 Å². The van der Waals surface area contributed by atoms with Gasteiger partial charge in [0.15, 0.2) is 9.84 Å². The largest absolute Gasteiger partial charge is 0.223 e. The topological polar surface area (TPSA) is 34.1 Å². The van der Waals surface area contributed by atoms with Gasteiger partial charge in [-0.2, -0.15) is 0 Å². The Morgan fingerprint density at radius 3 is 2.13 bits per heavy atom. The molecule has 0 amide bonds. The van der Waals surface area contributed by atoms with E-state index < -0.39 is 26.7 Å². The van der Waals surface area contributed by atoms with Crippen molar-refractivity contribution < 1.29 is 17.2 Å². The van der Waals surface area contributed by atoms with Gasteiger partial charge in [0.05, 0.1) is 10.1 Å². The molecule has 122 valence electrons. The van der Waals surface area contributed by atoms with Crippen molar-refractivity contribution in [3.63, 3.8) is 0 Å². The van der Waals surface area contributed by atoms with E-state index in [4.69, 9.17) is 11.6 Å². The number of sulfone groups is 1. The summed E-state index contributed by atoms with van der Waals surface area (Å²) in [6.45, 7) is 1.78. The van der Waals surface area contributed by atoms with Crippen molar-refractivity contribution in [1.82, 2.24) is 0 Å². The Bertz CT molecular complexity index is 848. The van der Waals surface area contributed by atoms with Gasteiger partial charge in [0.25, 0.3) is 0 Å². The summed E-state index contributed by atoms with van der Waals surface area (Å²) in [5.41, 5.74) is 0.150. The summed E-state index contributed by atoms with van der Waals surface area (Å²) in [4.78, 5) is 0.0658. The summed E-state index contributed by atoms with van der Waals surface area (Å²) < 4.78 is 54.3. The molecule has 0 spiro atoms. The van der Waals surface area contributed by atoms with E-state index in [-0.39, 0.29) is 28.4 Å². The summed E-state index contributed by atoms with van der Waals surface area (Å²) in [5.74, 6) is -1.43. The summed E-state index contributed by atoms with van der Waals surface area (Å²) in [5, 5.41) is -0.663. The number of hydrogen-bond donors (Lipinski definition) is 0. The van der Waals surface area contributed by atoms with Crippen LogP contribution in [0.3, 0.4) is 0 Å². The predicted octanol–water partition coefficient (Wildman–Crippen LogP) is 5.03. The normalized spacial score (nSPS) is 21.0. The molecule has 2 atom stereocenters. The number of fused-ring (bicyclic) bond motifs is 1. The molecule has 3 rings (SSSR count). The van der Waals surface area contributed by atoms with E-state index in [9.17, 15) is 17.2 Å². The van der Waals surface area contributed by atoms with Crippen molar-refractivity contribution in [3.05, 3.63) is 64.2 Å². The van der Waals surface area contributed by atoms with Crippen LogP contribution in [0.15, 0.2) is 41.3 Å². The van der Waals surface area contributed by atoms with E-state index in [1.54, 1.807) is 6.92 Å². The molecule has 2 unspecified atom stereocenters. The van der Waals surface area contributed by atoms with E-state index >= 15 is 0 Å². The highest BCUT2D eigenvalue weighted by Gasteiger charge is 2.38. The van der Waals surface area contributed by atoms with Crippen LogP contribution in [-0.4, -0.2) is 8.42 Å². The molecular formula is C17H15ClF2O2S. The van der Waals surface area contributed by atoms with Crippen LogP contribution in [-0.2, 0) is 9.84 Å². The van der Waals surface area contributed by atoms with Crippen molar-refractivity contribution in [2.75, 3.05) is 0 Å². The van der Waals surface area contributed by atoms with Gasteiger partial charge in [0, 0.05) is 10.6 Å². The van der Waals surface area contributed by atoms with Crippen LogP contribution in [0.4, 0.5) is 8.78 Å². The maximum absolute atomic E-state index is 14.3. The van der Waals surface area contributed by atoms with E-state index in [2.05, 4.69) is 0 Å². The molecule has 0 bridgehead atoms. The first-order valence-corrected chi connectivity index (χ1v) is 9.22. The minimum absolute atomic E-state index is 0.0290. The third-order valence-electron chi connectivity index (χ3n) is 4.37. The van der Waals surface area contributed by atoms with Gasteiger partial charge in [0.1, 0.15) is 11.6 Å². The third-order valence-corrected chi connectivity index (χ3v) is 6.78. The Balaban J connectivity index is 2.18. The highest BCUT2D eigenvalue weighted by atomic mass is 35.5. The zero-order chi connectivity index (χ0) is 16.8. The van der Waals surface area contributed by atoms with Crippen molar-refractivity contribution in [2.45, 2.75) is 35.8 Å². The molecule has 1 aliphatic carbocycles. The predicted molar refractivity (Wildman–Crippen MR) is 85.4 cm³/mol. The quantitative estimate of drug-likeness (QED) is 0.756. The van der Waals surface area contributed by atoms with Crippen LogP contribution < -0.4 is 0 Å². The van der Waals surface area contributed by atoms with E-state index in [1.165, 1.54) is 24.3 Å². The highest BCUT2D eigenvalue weighted by Crippen LogP contribution is 2.45. The molecule has 2 nitrogen and oxygen atoms in total. The molecule has 23 heavy (non-hydrogen) atoms. The summed E-state index contributed by atoms with van der Waals surface area (Å²) >= 11 is 5.79. The van der Waals surface area contributed by atoms with Crippen LogP contribution >= 0.6 is 11.6 Å². The van der Waals surface area contributed by atoms with Crippen molar-refractivity contribution in [2.24, 2.45) is 0 Å². The van der Waals surface area contributed by atoms with Gasteiger partial charge in [0.2, 0.25) is 0 Å². The van der Waals surface area contributed by atoms with E-state index in [1.807, 2.05) is 0 Å². The number of halogens is 3. The van der Waals surface area contributed by atoms with Crippen LogP contribution in [0.2, 0.25) is 5.02 Å². The van der Waals surface area contributed by atoms with Gasteiger partial charge >= 0.3 is 0 Å². The lowest BCUT2D eigenvalue weighted by Gasteiger charge is -2.30. The summed E-state index contributed by atoms with van der Waals surface area (Å²) in [6.07, 6.45) is 0.754. The molecule has 6 heteroatoms. The van der Waals surface area contributed by atoms with Crippen molar-refractivity contribution >= 4 is 21.4 Å². The molecule has 0 aliphatic heterocycles. The maximum Gasteiger partial charge on any atom is 0.185 e. The van der Waals surface area contributed by atoms with Crippen LogP contribution in [0.1, 0.15) is 42.1 Å². The van der Waals surface area contributed by atoms with Crippen molar-refractivity contribution in [3.8, 4) is 0 Å². The standard InChI is InChI=1S/C17H15ClF2O2S/c1-10-2-9-15(17-14(20)8-7-13(19)16(10)17)23(21,22)12-5-3-11(18)4-6-12/h3-8,10,15H,2,9H2,1H3. The molecular weight excluding hydrogens is 342 g/mol. The fourth-order valence-corrected chi connectivity index (χ4v) is 5.17. The monoisotopic (exact) mass is 356 g/mol. The first-order valence-electron chi connectivity index (χ1n) is 7.29. The lowest BCUT2D eigenvalue weighted by molar-refractivity contribution is 0.482.